The molecular formula is C9H6BrNO2S. The van der Waals surface area contributed by atoms with Crippen LogP contribution in [0.4, 0.5) is 0 Å². The molecule has 0 amide bonds. The summed E-state index contributed by atoms with van der Waals surface area (Å²) in [5.74, 6) is -1.11. The Morgan fingerprint density at radius 3 is 2.71 bits per heavy atom. The maximum absolute atomic E-state index is 10.8. The van der Waals surface area contributed by atoms with Gasteiger partial charge in [0.25, 0.3) is 0 Å². The fourth-order valence-electron chi connectivity index (χ4n) is 1.09. The van der Waals surface area contributed by atoms with Crippen molar-refractivity contribution in [3.05, 3.63) is 28.8 Å². The van der Waals surface area contributed by atoms with Crippen LogP contribution in [0.15, 0.2) is 17.0 Å². The molecule has 0 saturated heterocycles. The van der Waals surface area contributed by atoms with E-state index < -0.39 is 5.97 Å². The van der Waals surface area contributed by atoms with Gasteiger partial charge >= 0.3 is 5.97 Å². The molecule has 0 bridgehead atoms. The minimum Gasteiger partial charge on any atom is -0.478 e. The molecule has 0 heterocycles. The number of aromatic carboxylic acids is 1. The van der Waals surface area contributed by atoms with Gasteiger partial charge in [-0.25, -0.2) is 4.79 Å². The Labute approximate surface area is 94.9 Å². The zero-order valence-electron chi connectivity index (χ0n) is 6.99. The van der Waals surface area contributed by atoms with Crippen LogP contribution >= 0.6 is 28.6 Å². The first kappa shape index (κ1) is 11.1. The number of nitrogens with zero attached hydrogens (tertiary/aromatic N) is 1. The van der Waals surface area contributed by atoms with Crippen molar-refractivity contribution >= 4 is 34.5 Å². The molecule has 0 spiro atoms. The van der Waals surface area contributed by atoms with Crippen LogP contribution < -0.4 is 0 Å². The van der Waals surface area contributed by atoms with Crippen molar-refractivity contribution in [1.29, 1.82) is 5.26 Å². The van der Waals surface area contributed by atoms with Crippen LogP contribution in [-0.4, -0.2) is 11.1 Å². The minimum atomic E-state index is -1.11. The second kappa shape index (κ2) is 4.49. The van der Waals surface area contributed by atoms with Crippen molar-refractivity contribution in [2.75, 3.05) is 0 Å². The SMILES string of the molecule is N#Cc1c(CBr)cc(S)cc1C(=O)O. The number of carboxylic acids is 1. The number of benzene rings is 1. The number of alkyl halides is 1. The Kier molecular flexibility index (Phi) is 3.55. The molecule has 0 fully saturated rings. The van der Waals surface area contributed by atoms with E-state index in [1.165, 1.54) is 6.07 Å². The highest BCUT2D eigenvalue weighted by Gasteiger charge is 2.14. The monoisotopic (exact) mass is 271 g/mol. The highest BCUT2D eigenvalue weighted by molar-refractivity contribution is 9.08. The summed E-state index contributed by atoms with van der Waals surface area (Å²) >= 11 is 7.25. The van der Waals surface area contributed by atoms with E-state index in [4.69, 9.17) is 10.4 Å². The van der Waals surface area contributed by atoms with Crippen LogP contribution in [-0.2, 0) is 5.33 Å². The molecule has 0 aliphatic rings. The lowest BCUT2D eigenvalue weighted by molar-refractivity contribution is 0.0696. The first-order valence-corrected chi connectivity index (χ1v) is 5.22. The van der Waals surface area contributed by atoms with Gasteiger partial charge in [0.2, 0.25) is 0 Å². The average molecular weight is 272 g/mol. The number of thiol groups is 1. The lowest BCUT2D eigenvalue weighted by Gasteiger charge is -2.05. The number of hydrogen-bond acceptors (Lipinski definition) is 3. The van der Waals surface area contributed by atoms with Gasteiger partial charge in [-0.2, -0.15) is 5.26 Å². The normalized spacial score (nSPS) is 9.50. The van der Waals surface area contributed by atoms with E-state index in [-0.39, 0.29) is 11.1 Å². The third-order valence-electron chi connectivity index (χ3n) is 1.69. The average Bonchev–Trinajstić information content (AvgIpc) is 2.16. The highest BCUT2D eigenvalue weighted by Crippen LogP contribution is 2.21. The summed E-state index contributed by atoms with van der Waals surface area (Å²) in [5, 5.41) is 18.1. The molecule has 0 aromatic heterocycles. The van der Waals surface area contributed by atoms with Gasteiger partial charge in [0, 0.05) is 10.2 Å². The van der Waals surface area contributed by atoms with Gasteiger partial charge in [-0.1, -0.05) is 15.9 Å². The van der Waals surface area contributed by atoms with Crippen LogP contribution in [0.2, 0.25) is 0 Å². The van der Waals surface area contributed by atoms with Crippen LogP contribution in [0.25, 0.3) is 0 Å². The lowest BCUT2D eigenvalue weighted by Crippen LogP contribution is -2.03. The van der Waals surface area contributed by atoms with Crippen LogP contribution in [0.3, 0.4) is 0 Å². The number of carboxylic acid groups (broad SMARTS) is 1. The van der Waals surface area contributed by atoms with Crippen molar-refractivity contribution < 1.29 is 9.90 Å². The molecule has 3 nitrogen and oxygen atoms in total. The van der Waals surface area contributed by atoms with E-state index in [1.54, 1.807) is 6.07 Å². The number of rotatable bonds is 2. The Hall–Kier alpha value is -0.990. The van der Waals surface area contributed by atoms with Crippen molar-refractivity contribution in [2.24, 2.45) is 0 Å². The molecule has 0 atom stereocenters. The van der Waals surface area contributed by atoms with Gasteiger partial charge in [0.05, 0.1) is 11.1 Å². The second-order valence-electron chi connectivity index (χ2n) is 2.58. The van der Waals surface area contributed by atoms with E-state index >= 15 is 0 Å². The van der Waals surface area contributed by atoms with Crippen molar-refractivity contribution in [3.63, 3.8) is 0 Å². The van der Waals surface area contributed by atoms with Crippen molar-refractivity contribution in [2.45, 2.75) is 10.2 Å². The van der Waals surface area contributed by atoms with Gasteiger partial charge in [-0.15, -0.1) is 12.6 Å². The Morgan fingerprint density at radius 2 is 2.29 bits per heavy atom. The Morgan fingerprint density at radius 1 is 1.64 bits per heavy atom. The number of halogens is 1. The lowest BCUT2D eigenvalue weighted by atomic mass is 10.0. The van der Waals surface area contributed by atoms with E-state index in [0.717, 1.165) is 0 Å². The van der Waals surface area contributed by atoms with E-state index in [1.807, 2.05) is 6.07 Å². The summed E-state index contributed by atoms with van der Waals surface area (Å²) in [6, 6.07) is 4.92. The Balaban J connectivity index is 3.49. The predicted octanol–water partition coefficient (Wildman–Crippen LogP) is 2.44. The fraction of sp³-hybridized carbons (Fsp3) is 0.111. The summed E-state index contributed by atoms with van der Waals surface area (Å²) < 4.78 is 0. The summed E-state index contributed by atoms with van der Waals surface area (Å²) in [6.07, 6.45) is 0. The molecule has 0 saturated carbocycles. The quantitative estimate of drug-likeness (QED) is 0.642. The Bertz CT molecular complexity index is 426. The van der Waals surface area contributed by atoms with Gasteiger partial charge < -0.3 is 5.11 Å². The van der Waals surface area contributed by atoms with Crippen molar-refractivity contribution in [1.82, 2.24) is 0 Å². The molecule has 72 valence electrons. The van der Waals surface area contributed by atoms with Crippen LogP contribution in [0.1, 0.15) is 21.5 Å². The molecule has 5 heteroatoms. The van der Waals surface area contributed by atoms with Crippen LogP contribution in [0.5, 0.6) is 0 Å². The minimum absolute atomic E-state index is 0.00514. The van der Waals surface area contributed by atoms with Gasteiger partial charge in [-0.05, 0) is 17.7 Å². The van der Waals surface area contributed by atoms with Gasteiger partial charge in [-0.3, -0.25) is 0 Å². The number of nitriles is 1. The topological polar surface area (TPSA) is 61.1 Å². The van der Waals surface area contributed by atoms with Gasteiger partial charge in [0.1, 0.15) is 6.07 Å². The third kappa shape index (κ3) is 2.08. The maximum Gasteiger partial charge on any atom is 0.337 e. The van der Waals surface area contributed by atoms with E-state index in [9.17, 15) is 4.79 Å². The highest BCUT2D eigenvalue weighted by atomic mass is 79.9. The predicted molar refractivity (Wildman–Crippen MR) is 58.0 cm³/mol. The molecule has 0 radical (unpaired) electrons. The molecule has 1 aromatic rings. The summed E-state index contributed by atoms with van der Waals surface area (Å²) in [5.41, 5.74) is 0.819. The smallest absolute Gasteiger partial charge is 0.337 e. The third-order valence-corrected chi connectivity index (χ3v) is 2.55. The molecule has 1 aromatic carbocycles. The standard InChI is InChI=1S/C9H6BrNO2S/c10-3-5-1-6(14)2-7(9(12)13)8(5)4-11/h1-2,14H,3H2,(H,12,13). The molecule has 1 N–H and O–H groups in total. The van der Waals surface area contributed by atoms with E-state index in [0.29, 0.717) is 15.8 Å². The largest absolute Gasteiger partial charge is 0.478 e. The molecule has 0 aliphatic carbocycles. The maximum atomic E-state index is 10.8. The molecular weight excluding hydrogens is 266 g/mol. The first-order chi connectivity index (χ1) is 6.60. The molecule has 1 rings (SSSR count). The summed E-state index contributed by atoms with van der Waals surface area (Å²) in [4.78, 5) is 11.3. The molecule has 0 unspecified atom stereocenters. The summed E-state index contributed by atoms with van der Waals surface area (Å²) in [6.45, 7) is 0. The second-order valence-corrected chi connectivity index (χ2v) is 3.66. The molecule has 0 aliphatic heterocycles. The van der Waals surface area contributed by atoms with Crippen LogP contribution in [0, 0.1) is 11.3 Å². The first-order valence-electron chi connectivity index (χ1n) is 3.65. The fourth-order valence-corrected chi connectivity index (χ4v) is 1.82. The van der Waals surface area contributed by atoms with Gasteiger partial charge in [0.15, 0.2) is 0 Å². The molecule has 14 heavy (non-hydrogen) atoms. The zero-order valence-corrected chi connectivity index (χ0v) is 9.47. The van der Waals surface area contributed by atoms with E-state index in [2.05, 4.69) is 28.6 Å². The number of hydrogen-bond donors (Lipinski definition) is 2. The van der Waals surface area contributed by atoms with Crippen molar-refractivity contribution in [3.8, 4) is 6.07 Å². The summed E-state index contributed by atoms with van der Waals surface area (Å²) in [7, 11) is 0. The zero-order chi connectivity index (χ0) is 10.7. The number of carbonyl (C=O) groups is 1.